The molecule has 1 aromatic carbocycles. The number of aryl methyl sites for hydroxylation is 1. The number of nitrogens with zero attached hydrogens (tertiary/aromatic N) is 2. The Morgan fingerprint density at radius 3 is 3.00 bits per heavy atom. The summed E-state index contributed by atoms with van der Waals surface area (Å²) in [4.78, 5) is 3.96. The average Bonchev–Trinajstić information content (AvgIpc) is 2.82. The van der Waals surface area contributed by atoms with E-state index in [0.29, 0.717) is 5.89 Å². The fraction of sp³-hybridized carbons (Fsp3) is 0.333. The molecule has 0 saturated heterocycles. The SMILES string of the molecule is Cc1ccc(CNCCc2ncno2)cc1Br. The molecule has 0 unspecified atom stereocenters. The molecule has 1 aromatic heterocycles. The van der Waals surface area contributed by atoms with Crippen molar-refractivity contribution in [1.29, 1.82) is 0 Å². The van der Waals surface area contributed by atoms with Crippen molar-refractivity contribution in [3.8, 4) is 0 Å². The maximum Gasteiger partial charge on any atom is 0.227 e. The van der Waals surface area contributed by atoms with E-state index in [1.807, 2.05) is 0 Å². The largest absolute Gasteiger partial charge is 0.340 e. The van der Waals surface area contributed by atoms with Crippen LogP contribution in [0.4, 0.5) is 0 Å². The summed E-state index contributed by atoms with van der Waals surface area (Å²) in [6, 6.07) is 6.37. The van der Waals surface area contributed by atoms with Crippen molar-refractivity contribution in [3.63, 3.8) is 0 Å². The first kappa shape index (κ1) is 12.3. The number of nitrogens with one attached hydrogen (secondary N) is 1. The molecule has 0 spiro atoms. The highest BCUT2D eigenvalue weighted by molar-refractivity contribution is 9.10. The Bertz CT molecular complexity index is 471. The molecule has 0 amide bonds. The van der Waals surface area contributed by atoms with Gasteiger partial charge in [0.15, 0.2) is 6.33 Å². The number of hydrogen-bond donors (Lipinski definition) is 1. The van der Waals surface area contributed by atoms with Gasteiger partial charge in [0.25, 0.3) is 0 Å². The summed E-state index contributed by atoms with van der Waals surface area (Å²) in [7, 11) is 0. The minimum atomic E-state index is 0.669. The van der Waals surface area contributed by atoms with Crippen LogP contribution in [0.2, 0.25) is 0 Å². The zero-order valence-corrected chi connectivity index (χ0v) is 11.2. The third-order valence-corrected chi connectivity index (χ3v) is 3.34. The second kappa shape index (κ2) is 5.93. The van der Waals surface area contributed by atoms with E-state index in [0.717, 1.165) is 24.0 Å². The van der Waals surface area contributed by atoms with Gasteiger partial charge < -0.3 is 9.84 Å². The molecule has 17 heavy (non-hydrogen) atoms. The standard InChI is InChI=1S/C12H14BrN3O/c1-9-2-3-10(6-11(9)13)7-14-5-4-12-15-8-16-17-12/h2-3,6,8,14H,4-5,7H2,1H3. The molecule has 5 heteroatoms. The first-order valence-electron chi connectivity index (χ1n) is 5.47. The lowest BCUT2D eigenvalue weighted by Gasteiger charge is -2.05. The Hall–Kier alpha value is -1.20. The van der Waals surface area contributed by atoms with E-state index in [4.69, 9.17) is 4.52 Å². The Morgan fingerprint density at radius 2 is 2.29 bits per heavy atom. The second-order valence-electron chi connectivity index (χ2n) is 3.85. The molecule has 2 rings (SSSR count). The summed E-state index contributed by atoms with van der Waals surface area (Å²) in [5.74, 6) is 0.669. The maximum absolute atomic E-state index is 4.91. The van der Waals surface area contributed by atoms with E-state index >= 15 is 0 Å². The molecular weight excluding hydrogens is 282 g/mol. The Kier molecular flexibility index (Phi) is 4.28. The van der Waals surface area contributed by atoms with Crippen molar-refractivity contribution in [3.05, 3.63) is 46.0 Å². The normalized spacial score (nSPS) is 10.7. The predicted molar refractivity (Wildman–Crippen MR) is 68.6 cm³/mol. The van der Waals surface area contributed by atoms with Crippen LogP contribution < -0.4 is 5.32 Å². The first-order chi connectivity index (χ1) is 8.25. The zero-order valence-electron chi connectivity index (χ0n) is 9.61. The summed E-state index contributed by atoms with van der Waals surface area (Å²) < 4.78 is 6.06. The predicted octanol–water partition coefficient (Wildman–Crippen LogP) is 2.47. The van der Waals surface area contributed by atoms with Crippen LogP contribution in [0.1, 0.15) is 17.0 Å². The van der Waals surface area contributed by atoms with Crippen molar-refractivity contribution in [2.24, 2.45) is 0 Å². The molecule has 0 aliphatic rings. The van der Waals surface area contributed by atoms with Crippen LogP contribution in [0.25, 0.3) is 0 Å². The molecule has 0 aliphatic heterocycles. The van der Waals surface area contributed by atoms with Gasteiger partial charge in [0, 0.05) is 24.0 Å². The van der Waals surface area contributed by atoms with Crippen LogP contribution in [0.3, 0.4) is 0 Å². The minimum absolute atomic E-state index is 0.669. The van der Waals surface area contributed by atoms with Crippen molar-refractivity contribution in [2.75, 3.05) is 6.54 Å². The molecule has 1 N–H and O–H groups in total. The Balaban J connectivity index is 1.76. The molecule has 2 aromatic rings. The third kappa shape index (κ3) is 3.64. The summed E-state index contributed by atoms with van der Waals surface area (Å²) in [5.41, 5.74) is 2.51. The van der Waals surface area contributed by atoms with E-state index in [9.17, 15) is 0 Å². The molecule has 0 radical (unpaired) electrons. The fourth-order valence-corrected chi connectivity index (χ4v) is 1.91. The maximum atomic E-state index is 4.91. The van der Waals surface area contributed by atoms with Crippen LogP contribution in [0.5, 0.6) is 0 Å². The lowest BCUT2D eigenvalue weighted by molar-refractivity contribution is 0.375. The van der Waals surface area contributed by atoms with Gasteiger partial charge in [-0.05, 0) is 24.1 Å². The molecule has 0 atom stereocenters. The van der Waals surface area contributed by atoms with Gasteiger partial charge in [-0.15, -0.1) is 0 Å². The van der Waals surface area contributed by atoms with Crippen LogP contribution in [-0.2, 0) is 13.0 Å². The van der Waals surface area contributed by atoms with E-state index in [1.165, 1.54) is 17.5 Å². The smallest absolute Gasteiger partial charge is 0.227 e. The molecule has 90 valence electrons. The van der Waals surface area contributed by atoms with Gasteiger partial charge in [0.2, 0.25) is 5.89 Å². The minimum Gasteiger partial charge on any atom is -0.340 e. The van der Waals surface area contributed by atoms with Crippen LogP contribution in [0.15, 0.2) is 33.5 Å². The summed E-state index contributed by atoms with van der Waals surface area (Å²) >= 11 is 3.53. The highest BCUT2D eigenvalue weighted by atomic mass is 79.9. The number of hydrogen-bond acceptors (Lipinski definition) is 4. The fourth-order valence-electron chi connectivity index (χ4n) is 1.48. The van der Waals surface area contributed by atoms with Gasteiger partial charge in [0.05, 0.1) is 0 Å². The number of benzene rings is 1. The van der Waals surface area contributed by atoms with E-state index in [1.54, 1.807) is 0 Å². The van der Waals surface area contributed by atoms with Crippen LogP contribution in [-0.4, -0.2) is 16.7 Å². The lowest BCUT2D eigenvalue weighted by atomic mass is 10.1. The molecule has 4 nitrogen and oxygen atoms in total. The van der Waals surface area contributed by atoms with E-state index in [-0.39, 0.29) is 0 Å². The molecular formula is C12H14BrN3O. The Morgan fingerprint density at radius 1 is 1.41 bits per heavy atom. The molecule has 0 saturated carbocycles. The second-order valence-corrected chi connectivity index (χ2v) is 4.70. The molecule has 0 bridgehead atoms. The number of rotatable bonds is 5. The first-order valence-corrected chi connectivity index (χ1v) is 6.26. The quantitative estimate of drug-likeness (QED) is 0.861. The van der Waals surface area contributed by atoms with Crippen molar-refractivity contribution < 1.29 is 4.52 Å². The Labute approximate surface area is 109 Å². The highest BCUT2D eigenvalue weighted by Crippen LogP contribution is 2.17. The third-order valence-electron chi connectivity index (χ3n) is 2.49. The monoisotopic (exact) mass is 295 g/mol. The number of aromatic nitrogens is 2. The van der Waals surface area contributed by atoms with Crippen molar-refractivity contribution >= 4 is 15.9 Å². The molecule has 0 aliphatic carbocycles. The van der Waals surface area contributed by atoms with Gasteiger partial charge >= 0.3 is 0 Å². The van der Waals surface area contributed by atoms with Crippen LogP contribution in [0, 0.1) is 6.92 Å². The van der Waals surface area contributed by atoms with E-state index < -0.39 is 0 Å². The average molecular weight is 296 g/mol. The topological polar surface area (TPSA) is 51.0 Å². The highest BCUT2D eigenvalue weighted by Gasteiger charge is 2.00. The van der Waals surface area contributed by atoms with Gasteiger partial charge in [0.1, 0.15) is 0 Å². The summed E-state index contributed by atoms with van der Waals surface area (Å²) in [6.07, 6.45) is 2.18. The molecule has 1 heterocycles. The van der Waals surface area contributed by atoms with Crippen molar-refractivity contribution in [1.82, 2.24) is 15.5 Å². The summed E-state index contributed by atoms with van der Waals surface area (Å²) in [5, 5.41) is 6.90. The lowest BCUT2D eigenvalue weighted by Crippen LogP contribution is -2.16. The van der Waals surface area contributed by atoms with Gasteiger partial charge in [-0.1, -0.05) is 33.2 Å². The van der Waals surface area contributed by atoms with Crippen LogP contribution >= 0.6 is 15.9 Å². The van der Waals surface area contributed by atoms with Gasteiger partial charge in [-0.3, -0.25) is 0 Å². The number of halogens is 1. The zero-order chi connectivity index (χ0) is 12.1. The van der Waals surface area contributed by atoms with Crippen molar-refractivity contribution in [2.45, 2.75) is 19.9 Å². The van der Waals surface area contributed by atoms with Gasteiger partial charge in [-0.25, -0.2) is 0 Å². The van der Waals surface area contributed by atoms with Gasteiger partial charge in [-0.2, -0.15) is 4.98 Å². The molecule has 0 fully saturated rings. The van der Waals surface area contributed by atoms with E-state index in [2.05, 4.69) is 56.5 Å². The summed E-state index contributed by atoms with van der Waals surface area (Å²) in [6.45, 7) is 3.75.